The van der Waals surface area contributed by atoms with Gasteiger partial charge in [-0.2, -0.15) is 16.9 Å². The molecule has 0 unspecified atom stereocenters. The number of hydrogen-bond acceptors (Lipinski definition) is 4. The van der Waals surface area contributed by atoms with Crippen molar-refractivity contribution in [3.8, 4) is 0 Å². The topological polar surface area (TPSA) is 57.5 Å². The summed E-state index contributed by atoms with van der Waals surface area (Å²) < 4.78 is 1.92. The molecule has 2 heterocycles. The Morgan fingerprint density at radius 1 is 1.11 bits per heavy atom. The number of aromatic nitrogens is 2. The second kappa shape index (κ2) is 9.17. The Labute approximate surface area is 166 Å². The summed E-state index contributed by atoms with van der Waals surface area (Å²) in [5.41, 5.74) is 6.04. The van der Waals surface area contributed by atoms with E-state index in [2.05, 4.69) is 56.8 Å². The van der Waals surface area contributed by atoms with Gasteiger partial charge in [-0.1, -0.05) is 12.1 Å². The Balaban J connectivity index is 1.51. The molecule has 1 aliphatic rings. The summed E-state index contributed by atoms with van der Waals surface area (Å²) in [6.45, 7) is 7.90. The van der Waals surface area contributed by atoms with Crippen molar-refractivity contribution < 1.29 is 0 Å². The Morgan fingerprint density at radius 3 is 2.37 bits per heavy atom. The van der Waals surface area contributed by atoms with Gasteiger partial charge in [0.2, 0.25) is 0 Å². The van der Waals surface area contributed by atoms with Gasteiger partial charge in [-0.3, -0.25) is 9.67 Å². The molecule has 1 fully saturated rings. The predicted octanol–water partition coefficient (Wildman–Crippen LogP) is 2.46. The van der Waals surface area contributed by atoms with E-state index in [1.807, 2.05) is 30.4 Å². The lowest BCUT2D eigenvalue weighted by Crippen LogP contribution is -2.36. The van der Waals surface area contributed by atoms with E-state index in [0.29, 0.717) is 0 Å². The van der Waals surface area contributed by atoms with Crippen molar-refractivity contribution in [1.29, 1.82) is 0 Å². The van der Waals surface area contributed by atoms with E-state index in [0.717, 1.165) is 37.8 Å². The smallest absolute Gasteiger partial charge is 0.191 e. The number of aliphatic imine (C=N–C) groups is 1. The fraction of sp³-hybridized carbons (Fsp3) is 0.500. The number of thioether (sulfide) groups is 1. The normalized spacial score (nSPS) is 15.1. The third-order valence-electron chi connectivity index (χ3n) is 5.09. The minimum atomic E-state index is 0.719. The van der Waals surface area contributed by atoms with Gasteiger partial charge in [0.15, 0.2) is 5.96 Å². The molecule has 146 valence electrons. The number of benzene rings is 1. The number of hydrogen-bond donors (Lipinski definition) is 2. The monoisotopic (exact) mass is 386 g/mol. The molecule has 0 bridgehead atoms. The molecule has 1 saturated heterocycles. The lowest BCUT2D eigenvalue weighted by molar-refractivity contribution is 0.728. The van der Waals surface area contributed by atoms with Crippen LogP contribution in [-0.4, -0.2) is 47.4 Å². The molecule has 2 aromatic rings. The van der Waals surface area contributed by atoms with Crippen LogP contribution >= 0.6 is 11.8 Å². The molecule has 3 rings (SSSR count). The lowest BCUT2D eigenvalue weighted by Gasteiger charge is -2.28. The van der Waals surface area contributed by atoms with Crippen molar-refractivity contribution in [2.24, 2.45) is 12.0 Å². The van der Waals surface area contributed by atoms with E-state index in [4.69, 9.17) is 0 Å². The number of rotatable bonds is 5. The molecule has 27 heavy (non-hydrogen) atoms. The molecule has 0 aliphatic carbocycles. The van der Waals surface area contributed by atoms with Crippen LogP contribution in [0.4, 0.5) is 5.69 Å². The van der Waals surface area contributed by atoms with Gasteiger partial charge in [-0.05, 0) is 31.5 Å². The van der Waals surface area contributed by atoms with Gasteiger partial charge in [0.05, 0.1) is 5.69 Å². The fourth-order valence-corrected chi connectivity index (χ4v) is 4.20. The Morgan fingerprint density at radius 2 is 1.78 bits per heavy atom. The molecule has 0 saturated carbocycles. The van der Waals surface area contributed by atoms with Gasteiger partial charge >= 0.3 is 0 Å². The molecule has 6 nitrogen and oxygen atoms in total. The minimum Gasteiger partial charge on any atom is -0.370 e. The molecule has 1 aliphatic heterocycles. The summed E-state index contributed by atoms with van der Waals surface area (Å²) in [4.78, 5) is 6.80. The summed E-state index contributed by atoms with van der Waals surface area (Å²) >= 11 is 2.04. The highest BCUT2D eigenvalue weighted by Crippen LogP contribution is 2.19. The lowest BCUT2D eigenvalue weighted by atomic mass is 10.2. The molecule has 0 radical (unpaired) electrons. The summed E-state index contributed by atoms with van der Waals surface area (Å²) in [5.74, 6) is 3.25. The first-order chi connectivity index (χ1) is 13.1. The van der Waals surface area contributed by atoms with Crippen LogP contribution in [0.15, 0.2) is 29.3 Å². The first-order valence-electron chi connectivity index (χ1n) is 9.43. The molecular formula is C20H30N6S. The van der Waals surface area contributed by atoms with Gasteiger partial charge in [0.25, 0.3) is 0 Å². The third kappa shape index (κ3) is 4.97. The van der Waals surface area contributed by atoms with Gasteiger partial charge < -0.3 is 15.5 Å². The largest absolute Gasteiger partial charge is 0.370 e. The zero-order valence-corrected chi connectivity index (χ0v) is 17.6. The van der Waals surface area contributed by atoms with Crippen molar-refractivity contribution >= 4 is 23.4 Å². The van der Waals surface area contributed by atoms with Crippen molar-refractivity contribution in [3.05, 3.63) is 46.8 Å². The zero-order valence-electron chi connectivity index (χ0n) is 16.7. The SMILES string of the molecule is CN=C(NCc1ccc(N2CCSCC2)cc1)NCc1c(C)nn(C)c1C. The molecule has 2 N–H and O–H groups in total. The summed E-state index contributed by atoms with van der Waals surface area (Å²) in [6, 6.07) is 8.86. The third-order valence-corrected chi connectivity index (χ3v) is 6.03. The Hall–Kier alpha value is -2.15. The van der Waals surface area contributed by atoms with E-state index in [1.54, 1.807) is 7.05 Å². The van der Waals surface area contributed by atoms with Crippen LogP contribution in [0.3, 0.4) is 0 Å². The maximum absolute atomic E-state index is 4.47. The second-order valence-electron chi connectivity index (χ2n) is 6.82. The first-order valence-corrected chi connectivity index (χ1v) is 10.6. The van der Waals surface area contributed by atoms with Crippen LogP contribution in [0.2, 0.25) is 0 Å². The molecule has 1 aromatic carbocycles. The van der Waals surface area contributed by atoms with Gasteiger partial charge in [0, 0.05) is 68.7 Å². The highest BCUT2D eigenvalue weighted by atomic mass is 32.2. The van der Waals surface area contributed by atoms with E-state index in [1.165, 1.54) is 34.0 Å². The Bertz CT molecular complexity index is 775. The fourth-order valence-electron chi connectivity index (χ4n) is 3.30. The number of nitrogens with zero attached hydrogens (tertiary/aromatic N) is 4. The van der Waals surface area contributed by atoms with Crippen LogP contribution in [0.5, 0.6) is 0 Å². The highest BCUT2D eigenvalue weighted by molar-refractivity contribution is 7.99. The van der Waals surface area contributed by atoms with Crippen LogP contribution in [-0.2, 0) is 20.1 Å². The standard InChI is InChI=1S/C20H30N6S/c1-15-19(16(2)25(4)24-15)14-23-20(21-3)22-13-17-5-7-18(8-6-17)26-9-11-27-12-10-26/h5-8H,9-14H2,1-4H3,(H2,21,22,23). The number of guanidine groups is 1. The van der Waals surface area contributed by atoms with E-state index >= 15 is 0 Å². The average molecular weight is 387 g/mol. The predicted molar refractivity (Wildman–Crippen MR) is 116 cm³/mol. The maximum Gasteiger partial charge on any atom is 0.191 e. The molecular weight excluding hydrogens is 356 g/mol. The van der Waals surface area contributed by atoms with Gasteiger partial charge in [-0.25, -0.2) is 0 Å². The van der Waals surface area contributed by atoms with Gasteiger partial charge in [-0.15, -0.1) is 0 Å². The summed E-state index contributed by atoms with van der Waals surface area (Å²) in [5, 5.41) is 11.3. The number of aryl methyl sites for hydroxylation is 2. The number of anilines is 1. The molecule has 1 aromatic heterocycles. The molecule has 0 spiro atoms. The second-order valence-corrected chi connectivity index (χ2v) is 8.04. The first kappa shape index (κ1) is 19.6. The summed E-state index contributed by atoms with van der Waals surface area (Å²) in [6.07, 6.45) is 0. The van der Waals surface area contributed by atoms with E-state index in [9.17, 15) is 0 Å². The van der Waals surface area contributed by atoms with Crippen molar-refractivity contribution in [2.45, 2.75) is 26.9 Å². The quantitative estimate of drug-likeness (QED) is 0.611. The average Bonchev–Trinajstić information content (AvgIpc) is 2.95. The summed E-state index contributed by atoms with van der Waals surface area (Å²) in [7, 11) is 3.78. The van der Waals surface area contributed by atoms with Crippen molar-refractivity contribution in [3.63, 3.8) is 0 Å². The van der Waals surface area contributed by atoms with E-state index in [-0.39, 0.29) is 0 Å². The van der Waals surface area contributed by atoms with Crippen molar-refractivity contribution in [1.82, 2.24) is 20.4 Å². The molecule has 0 atom stereocenters. The number of nitrogens with one attached hydrogen (secondary N) is 2. The minimum absolute atomic E-state index is 0.719. The van der Waals surface area contributed by atoms with Crippen LogP contribution in [0.1, 0.15) is 22.5 Å². The molecule has 7 heteroatoms. The maximum atomic E-state index is 4.47. The van der Waals surface area contributed by atoms with Crippen LogP contribution < -0.4 is 15.5 Å². The van der Waals surface area contributed by atoms with Gasteiger partial charge in [0.1, 0.15) is 0 Å². The highest BCUT2D eigenvalue weighted by Gasteiger charge is 2.11. The van der Waals surface area contributed by atoms with Crippen LogP contribution in [0.25, 0.3) is 0 Å². The Kier molecular flexibility index (Phi) is 6.66. The van der Waals surface area contributed by atoms with Crippen molar-refractivity contribution in [2.75, 3.05) is 36.5 Å². The molecule has 0 amide bonds. The van der Waals surface area contributed by atoms with Crippen LogP contribution in [0, 0.1) is 13.8 Å². The van der Waals surface area contributed by atoms with E-state index < -0.39 is 0 Å². The zero-order chi connectivity index (χ0) is 19.2.